The molecule has 0 radical (unpaired) electrons. The van der Waals surface area contributed by atoms with Gasteiger partial charge >= 0.3 is 0 Å². The molecule has 1 saturated carbocycles. The zero-order chi connectivity index (χ0) is 10.9. The lowest BCUT2D eigenvalue weighted by Gasteiger charge is -2.26. The van der Waals surface area contributed by atoms with Crippen LogP contribution in [-0.4, -0.2) is 24.5 Å². The van der Waals surface area contributed by atoms with Crippen LogP contribution in [0.25, 0.3) is 0 Å². The quantitative estimate of drug-likeness (QED) is 0.734. The summed E-state index contributed by atoms with van der Waals surface area (Å²) in [5.41, 5.74) is 0.0170. The Morgan fingerprint density at radius 1 is 1.40 bits per heavy atom. The van der Waals surface area contributed by atoms with Gasteiger partial charge in [-0.05, 0) is 58.0 Å². The Hall–Kier alpha value is -0.570. The highest BCUT2D eigenvalue weighted by atomic mass is 16.1. The third-order valence-corrected chi connectivity index (χ3v) is 3.70. The van der Waals surface area contributed by atoms with E-state index in [1.807, 2.05) is 0 Å². The molecule has 0 spiro atoms. The fourth-order valence-electron chi connectivity index (χ4n) is 2.47. The van der Waals surface area contributed by atoms with Crippen LogP contribution in [0.2, 0.25) is 0 Å². The number of amides is 1. The van der Waals surface area contributed by atoms with Gasteiger partial charge in [0.1, 0.15) is 0 Å². The molecule has 1 aliphatic carbocycles. The van der Waals surface area contributed by atoms with Crippen molar-refractivity contribution in [3.8, 4) is 0 Å². The molecule has 1 atom stereocenters. The Balaban J connectivity index is 1.75. The summed E-state index contributed by atoms with van der Waals surface area (Å²) in [7, 11) is 0. The first-order chi connectivity index (χ1) is 7.08. The summed E-state index contributed by atoms with van der Waals surface area (Å²) in [6.07, 6.45) is 4.40. The van der Waals surface area contributed by atoms with Gasteiger partial charge in [-0.15, -0.1) is 0 Å². The first kappa shape index (κ1) is 10.9. The molecule has 1 amide bonds. The summed E-state index contributed by atoms with van der Waals surface area (Å²) in [5, 5.41) is 6.47. The monoisotopic (exact) mass is 210 g/mol. The maximum absolute atomic E-state index is 11.8. The Morgan fingerprint density at radius 3 is 2.67 bits per heavy atom. The molecule has 0 aromatic heterocycles. The standard InChI is InChI=1S/C12H22N2O/c1-12(2,10-3-4-10)14-11(15)7-9-5-6-13-8-9/h9-10,13H,3-8H2,1-2H3,(H,14,15). The lowest BCUT2D eigenvalue weighted by Crippen LogP contribution is -2.45. The van der Waals surface area contributed by atoms with Gasteiger partial charge in [0.15, 0.2) is 0 Å². The Labute approximate surface area is 92.0 Å². The molecular weight excluding hydrogens is 188 g/mol. The number of carbonyl (C=O) groups is 1. The zero-order valence-electron chi connectivity index (χ0n) is 9.81. The van der Waals surface area contributed by atoms with Gasteiger partial charge < -0.3 is 10.6 Å². The van der Waals surface area contributed by atoms with E-state index in [0.29, 0.717) is 18.3 Å². The molecule has 2 N–H and O–H groups in total. The average Bonchev–Trinajstić information content (AvgIpc) is 2.88. The summed E-state index contributed by atoms with van der Waals surface area (Å²) >= 11 is 0. The lowest BCUT2D eigenvalue weighted by molar-refractivity contribution is -0.123. The van der Waals surface area contributed by atoms with Crippen molar-refractivity contribution < 1.29 is 4.79 Å². The largest absolute Gasteiger partial charge is 0.351 e. The number of rotatable bonds is 4. The zero-order valence-corrected chi connectivity index (χ0v) is 9.81. The van der Waals surface area contributed by atoms with Crippen molar-refractivity contribution in [1.29, 1.82) is 0 Å². The summed E-state index contributed by atoms with van der Waals surface area (Å²) in [4.78, 5) is 11.8. The van der Waals surface area contributed by atoms with E-state index in [1.165, 1.54) is 12.8 Å². The van der Waals surface area contributed by atoms with Crippen molar-refractivity contribution in [2.24, 2.45) is 11.8 Å². The molecule has 2 aliphatic rings. The lowest BCUT2D eigenvalue weighted by atomic mass is 9.97. The Morgan fingerprint density at radius 2 is 2.13 bits per heavy atom. The molecule has 2 fully saturated rings. The van der Waals surface area contributed by atoms with E-state index in [1.54, 1.807) is 0 Å². The van der Waals surface area contributed by atoms with Crippen LogP contribution in [-0.2, 0) is 4.79 Å². The van der Waals surface area contributed by atoms with Crippen molar-refractivity contribution in [2.75, 3.05) is 13.1 Å². The predicted octanol–water partition coefficient (Wildman–Crippen LogP) is 1.29. The van der Waals surface area contributed by atoms with Crippen molar-refractivity contribution in [1.82, 2.24) is 10.6 Å². The minimum atomic E-state index is 0.0170. The molecule has 0 aromatic rings. The van der Waals surface area contributed by atoms with Gasteiger partial charge in [0.25, 0.3) is 0 Å². The molecule has 3 nitrogen and oxygen atoms in total. The van der Waals surface area contributed by atoms with Crippen molar-refractivity contribution in [3.63, 3.8) is 0 Å². The van der Waals surface area contributed by atoms with Crippen LogP contribution in [0.15, 0.2) is 0 Å². The summed E-state index contributed by atoms with van der Waals surface area (Å²) in [5.74, 6) is 1.50. The molecule has 1 aliphatic heterocycles. The SMILES string of the molecule is CC(C)(NC(=O)CC1CCNC1)C1CC1. The number of hydrogen-bond donors (Lipinski definition) is 2. The van der Waals surface area contributed by atoms with E-state index in [9.17, 15) is 4.79 Å². The molecule has 1 saturated heterocycles. The molecule has 86 valence electrons. The van der Waals surface area contributed by atoms with Crippen molar-refractivity contribution in [3.05, 3.63) is 0 Å². The van der Waals surface area contributed by atoms with Crippen LogP contribution in [0, 0.1) is 11.8 Å². The topological polar surface area (TPSA) is 41.1 Å². The van der Waals surface area contributed by atoms with Crippen LogP contribution < -0.4 is 10.6 Å². The molecule has 1 heterocycles. The van der Waals surface area contributed by atoms with Crippen LogP contribution >= 0.6 is 0 Å². The number of hydrogen-bond acceptors (Lipinski definition) is 2. The van der Waals surface area contributed by atoms with Gasteiger partial charge in [-0.1, -0.05) is 0 Å². The molecular formula is C12H22N2O. The van der Waals surface area contributed by atoms with E-state index in [-0.39, 0.29) is 11.4 Å². The normalized spacial score (nSPS) is 26.7. The third kappa shape index (κ3) is 2.94. The Kier molecular flexibility index (Phi) is 3.01. The minimum absolute atomic E-state index is 0.0170. The van der Waals surface area contributed by atoms with E-state index in [0.717, 1.165) is 19.5 Å². The molecule has 1 unspecified atom stereocenters. The second-order valence-electron chi connectivity index (χ2n) is 5.61. The van der Waals surface area contributed by atoms with Gasteiger partial charge in [0, 0.05) is 12.0 Å². The number of nitrogens with one attached hydrogen (secondary N) is 2. The molecule has 3 heteroatoms. The van der Waals surface area contributed by atoms with E-state index < -0.39 is 0 Å². The van der Waals surface area contributed by atoms with E-state index >= 15 is 0 Å². The second-order valence-corrected chi connectivity index (χ2v) is 5.61. The maximum atomic E-state index is 11.8. The van der Waals surface area contributed by atoms with Crippen molar-refractivity contribution in [2.45, 2.75) is 45.1 Å². The molecule has 0 bridgehead atoms. The second kappa shape index (κ2) is 4.12. The Bertz CT molecular complexity index is 240. The summed E-state index contributed by atoms with van der Waals surface area (Å²) in [6.45, 7) is 6.38. The van der Waals surface area contributed by atoms with Crippen LogP contribution in [0.4, 0.5) is 0 Å². The maximum Gasteiger partial charge on any atom is 0.220 e. The third-order valence-electron chi connectivity index (χ3n) is 3.70. The van der Waals surface area contributed by atoms with Gasteiger partial charge in [0.2, 0.25) is 5.91 Å². The smallest absolute Gasteiger partial charge is 0.220 e. The van der Waals surface area contributed by atoms with E-state index in [2.05, 4.69) is 24.5 Å². The highest BCUT2D eigenvalue weighted by Gasteiger charge is 2.38. The highest BCUT2D eigenvalue weighted by Crippen LogP contribution is 2.39. The van der Waals surface area contributed by atoms with Crippen molar-refractivity contribution >= 4 is 5.91 Å². The fraction of sp³-hybridized carbons (Fsp3) is 0.917. The predicted molar refractivity (Wildman–Crippen MR) is 60.5 cm³/mol. The fourth-order valence-corrected chi connectivity index (χ4v) is 2.47. The van der Waals surface area contributed by atoms with Gasteiger partial charge in [-0.2, -0.15) is 0 Å². The average molecular weight is 210 g/mol. The van der Waals surface area contributed by atoms with E-state index in [4.69, 9.17) is 0 Å². The van der Waals surface area contributed by atoms with Crippen LogP contribution in [0.3, 0.4) is 0 Å². The molecule has 2 rings (SSSR count). The minimum Gasteiger partial charge on any atom is -0.351 e. The van der Waals surface area contributed by atoms with Crippen LogP contribution in [0.1, 0.15) is 39.5 Å². The van der Waals surface area contributed by atoms with Crippen LogP contribution in [0.5, 0.6) is 0 Å². The first-order valence-corrected chi connectivity index (χ1v) is 6.09. The first-order valence-electron chi connectivity index (χ1n) is 6.09. The summed E-state index contributed by atoms with van der Waals surface area (Å²) < 4.78 is 0. The van der Waals surface area contributed by atoms with Gasteiger partial charge in [0.05, 0.1) is 0 Å². The number of carbonyl (C=O) groups excluding carboxylic acids is 1. The molecule has 0 aromatic carbocycles. The van der Waals surface area contributed by atoms with Gasteiger partial charge in [-0.3, -0.25) is 4.79 Å². The molecule has 15 heavy (non-hydrogen) atoms. The van der Waals surface area contributed by atoms with Gasteiger partial charge in [-0.25, -0.2) is 0 Å². The summed E-state index contributed by atoms with van der Waals surface area (Å²) in [6, 6.07) is 0. The highest BCUT2D eigenvalue weighted by molar-refractivity contribution is 5.77.